The molecule has 2 heterocycles. The molecule has 1 N–H and O–H groups in total. The SMILES string of the molecule is O=C(Nc1ccc(N2CCCS2(=O)=O)cc1Cl)c1ccc2c(c1)OCO2. The zero-order valence-electron chi connectivity index (χ0n) is 13.6. The van der Waals surface area contributed by atoms with Gasteiger partial charge in [-0.05, 0) is 42.8 Å². The van der Waals surface area contributed by atoms with Crippen molar-refractivity contribution in [2.75, 3.05) is 28.7 Å². The summed E-state index contributed by atoms with van der Waals surface area (Å²) in [6, 6.07) is 9.65. The van der Waals surface area contributed by atoms with Crippen molar-refractivity contribution in [2.24, 2.45) is 0 Å². The van der Waals surface area contributed by atoms with Crippen molar-refractivity contribution in [1.82, 2.24) is 0 Å². The second-order valence-electron chi connectivity index (χ2n) is 5.93. The van der Waals surface area contributed by atoms with Gasteiger partial charge in [-0.25, -0.2) is 8.42 Å². The van der Waals surface area contributed by atoms with Crippen molar-refractivity contribution >= 4 is 38.9 Å². The molecule has 26 heavy (non-hydrogen) atoms. The minimum atomic E-state index is -3.28. The van der Waals surface area contributed by atoms with Crippen LogP contribution in [-0.4, -0.2) is 33.4 Å². The van der Waals surface area contributed by atoms with Crippen LogP contribution in [0.2, 0.25) is 5.02 Å². The molecule has 4 rings (SSSR count). The Kier molecular flexibility index (Phi) is 4.16. The quantitative estimate of drug-likeness (QED) is 0.865. The summed E-state index contributed by atoms with van der Waals surface area (Å²) in [4.78, 5) is 12.4. The number of benzene rings is 2. The Labute approximate surface area is 155 Å². The predicted molar refractivity (Wildman–Crippen MR) is 97.7 cm³/mol. The fourth-order valence-corrected chi connectivity index (χ4v) is 4.70. The van der Waals surface area contributed by atoms with Crippen LogP contribution in [0.1, 0.15) is 16.8 Å². The number of hydrogen-bond acceptors (Lipinski definition) is 5. The maximum atomic E-state index is 12.4. The van der Waals surface area contributed by atoms with Gasteiger partial charge in [0, 0.05) is 12.1 Å². The van der Waals surface area contributed by atoms with Crippen LogP contribution in [0.25, 0.3) is 0 Å². The number of fused-ring (bicyclic) bond motifs is 1. The summed E-state index contributed by atoms with van der Waals surface area (Å²) < 4.78 is 35.8. The van der Waals surface area contributed by atoms with Gasteiger partial charge in [-0.3, -0.25) is 9.10 Å². The predicted octanol–water partition coefficient (Wildman–Crippen LogP) is 2.86. The summed E-state index contributed by atoms with van der Waals surface area (Å²) in [5.74, 6) is 0.883. The molecule has 136 valence electrons. The molecule has 0 radical (unpaired) electrons. The van der Waals surface area contributed by atoms with E-state index in [9.17, 15) is 13.2 Å². The zero-order valence-corrected chi connectivity index (χ0v) is 15.1. The summed E-state index contributed by atoms with van der Waals surface area (Å²) in [5.41, 5.74) is 1.29. The molecule has 7 nitrogen and oxygen atoms in total. The molecule has 0 aliphatic carbocycles. The van der Waals surface area contributed by atoms with Gasteiger partial charge in [0.15, 0.2) is 11.5 Å². The fraction of sp³-hybridized carbons (Fsp3) is 0.235. The molecule has 0 spiro atoms. The van der Waals surface area contributed by atoms with Crippen molar-refractivity contribution in [3.63, 3.8) is 0 Å². The average Bonchev–Trinajstić information content (AvgIpc) is 3.21. The van der Waals surface area contributed by atoms with E-state index in [1.807, 2.05) is 0 Å². The maximum Gasteiger partial charge on any atom is 0.255 e. The molecule has 2 aliphatic rings. The van der Waals surface area contributed by atoms with Crippen molar-refractivity contribution in [1.29, 1.82) is 0 Å². The van der Waals surface area contributed by atoms with Crippen LogP contribution in [0.4, 0.5) is 11.4 Å². The highest BCUT2D eigenvalue weighted by Gasteiger charge is 2.28. The molecule has 0 saturated carbocycles. The molecule has 1 saturated heterocycles. The van der Waals surface area contributed by atoms with E-state index < -0.39 is 10.0 Å². The number of sulfonamides is 1. The van der Waals surface area contributed by atoms with E-state index in [4.69, 9.17) is 21.1 Å². The highest BCUT2D eigenvalue weighted by molar-refractivity contribution is 7.93. The van der Waals surface area contributed by atoms with E-state index in [0.29, 0.717) is 41.4 Å². The van der Waals surface area contributed by atoms with Gasteiger partial charge in [-0.1, -0.05) is 11.6 Å². The maximum absolute atomic E-state index is 12.4. The summed E-state index contributed by atoms with van der Waals surface area (Å²) in [7, 11) is -3.28. The summed E-state index contributed by atoms with van der Waals surface area (Å²) in [5, 5.41) is 2.98. The van der Waals surface area contributed by atoms with E-state index in [0.717, 1.165) is 0 Å². The van der Waals surface area contributed by atoms with Gasteiger partial charge in [0.2, 0.25) is 16.8 Å². The van der Waals surface area contributed by atoms with Gasteiger partial charge in [0.05, 0.1) is 22.2 Å². The third-order valence-corrected chi connectivity index (χ3v) is 6.41. The van der Waals surface area contributed by atoms with E-state index in [1.54, 1.807) is 36.4 Å². The van der Waals surface area contributed by atoms with E-state index in [1.165, 1.54) is 4.31 Å². The molecule has 0 atom stereocenters. The first-order valence-corrected chi connectivity index (χ1v) is 9.94. The van der Waals surface area contributed by atoms with E-state index >= 15 is 0 Å². The van der Waals surface area contributed by atoms with Crippen LogP contribution >= 0.6 is 11.6 Å². The van der Waals surface area contributed by atoms with Crippen LogP contribution in [0.15, 0.2) is 36.4 Å². The van der Waals surface area contributed by atoms with Gasteiger partial charge in [0.1, 0.15) is 0 Å². The fourth-order valence-electron chi connectivity index (χ4n) is 2.92. The number of halogens is 1. The molecule has 9 heteroatoms. The lowest BCUT2D eigenvalue weighted by atomic mass is 10.2. The molecule has 2 aliphatic heterocycles. The molecule has 1 amide bonds. The monoisotopic (exact) mass is 394 g/mol. The zero-order chi connectivity index (χ0) is 18.3. The summed E-state index contributed by atoms with van der Waals surface area (Å²) in [6.45, 7) is 0.564. The van der Waals surface area contributed by atoms with E-state index in [-0.39, 0.29) is 23.5 Å². The van der Waals surface area contributed by atoms with Crippen LogP contribution in [-0.2, 0) is 10.0 Å². The third-order valence-electron chi connectivity index (χ3n) is 4.22. The number of hydrogen-bond donors (Lipinski definition) is 1. The topological polar surface area (TPSA) is 84.9 Å². The summed E-state index contributed by atoms with van der Waals surface area (Å²) >= 11 is 6.25. The summed E-state index contributed by atoms with van der Waals surface area (Å²) in [6.07, 6.45) is 0.586. The lowest BCUT2D eigenvalue weighted by molar-refractivity contribution is 0.102. The first-order valence-electron chi connectivity index (χ1n) is 7.95. The Balaban J connectivity index is 1.54. The van der Waals surface area contributed by atoms with Crippen LogP contribution in [0.3, 0.4) is 0 Å². The Bertz CT molecular complexity index is 993. The average molecular weight is 395 g/mol. The van der Waals surface area contributed by atoms with Crippen LogP contribution < -0.4 is 19.1 Å². The Morgan fingerprint density at radius 1 is 1.12 bits per heavy atom. The van der Waals surface area contributed by atoms with Gasteiger partial charge in [-0.15, -0.1) is 0 Å². The third kappa shape index (κ3) is 3.06. The van der Waals surface area contributed by atoms with Crippen LogP contribution in [0.5, 0.6) is 11.5 Å². The van der Waals surface area contributed by atoms with Crippen LogP contribution in [0, 0.1) is 0 Å². The van der Waals surface area contributed by atoms with Crippen molar-refractivity contribution < 1.29 is 22.7 Å². The second-order valence-corrected chi connectivity index (χ2v) is 8.35. The largest absolute Gasteiger partial charge is 0.454 e. The molecule has 0 unspecified atom stereocenters. The Morgan fingerprint density at radius 2 is 1.92 bits per heavy atom. The molecular weight excluding hydrogens is 380 g/mol. The first kappa shape index (κ1) is 17.0. The smallest absolute Gasteiger partial charge is 0.255 e. The first-order chi connectivity index (χ1) is 12.4. The van der Waals surface area contributed by atoms with Gasteiger partial charge < -0.3 is 14.8 Å². The number of amides is 1. The molecule has 2 aromatic carbocycles. The minimum Gasteiger partial charge on any atom is -0.454 e. The number of nitrogens with one attached hydrogen (secondary N) is 1. The molecule has 1 fully saturated rings. The van der Waals surface area contributed by atoms with Gasteiger partial charge in [0.25, 0.3) is 5.91 Å². The standard InChI is InChI=1S/C17H15ClN2O5S/c18-13-9-12(20-6-1-7-26(20,22)23)3-4-14(13)19-17(21)11-2-5-15-16(8-11)25-10-24-15/h2-5,8-9H,1,6-7,10H2,(H,19,21). The van der Waals surface area contributed by atoms with Crippen molar-refractivity contribution in [3.05, 3.63) is 47.0 Å². The molecular formula is C17H15ClN2O5S. The van der Waals surface area contributed by atoms with Crippen molar-refractivity contribution in [3.8, 4) is 11.5 Å². The number of nitrogens with zero attached hydrogens (tertiary/aromatic N) is 1. The lowest BCUT2D eigenvalue weighted by Gasteiger charge is -2.18. The highest BCUT2D eigenvalue weighted by atomic mass is 35.5. The normalized spacial score (nSPS) is 17.3. The van der Waals surface area contributed by atoms with Gasteiger partial charge in [-0.2, -0.15) is 0 Å². The number of carbonyl (C=O) groups excluding carboxylic acids is 1. The highest BCUT2D eigenvalue weighted by Crippen LogP contribution is 2.34. The number of ether oxygens (including phenoxy) is 2. The Hall–Kier alpha value is -2.45. The number of carbonyl (C=O) groups is 1. The van der Waals surface area contributed by atoms with Gasteiger partial charge >= 0.3 is 0 Å². The van der Waals surface area contributed by atoms with E-state index in [2.05, 4.69) is 5.32 Å². The second kappa shape index (κ2) is 6.37. The minimum absolute atomic E-state index is 0.132. The number of rotatable bonds is 3. The molecule has 0 bridgehead atoms. The Morgan fingerprint density at radius 3 is 2.65 bits per heavy atom. The lowest BCUT2D eigenvalue weighted by Crippen LogP contribution is -2.25. The van der Waals surface area contributed by atoms with Crippen molar-refractivity contribution in [2.45, 2.75) is 6.42 Å². The number of anilines is 2. The molecule has 0 aromatic heterocycles. The molecule has 2 aromatic rings.